The van der Waals surface area contributed by atoms with E-state index in [1.807, 2.05) is 6.07 Å². The number of aliphatic hydroxyl groups excluding tert-OH is 2. The van der Waals surface area contributed by atoms with E-state index < -0.39 is 6.10 Å². The maximum absolute atomic E-state index is 10.1. The molecular weight excluding hydrogens is 268 g/mol. The van der Waals surface area contributed by atoms with Crippen molar-refractivity contribution < 1.29 is 14.9 Å². The van der Waals surface area contributed by atoms with Gasteiger partial charge in [-0.2, -0.15) is 5.26 Å². The quantitative estimate of drug-likeness (QED) is 0.817. The van der Waals surface area contributed by atoms with Crippen LogP contribution in [-0.2, 0) is 0 Å². The van der Waals surface area contributed by atoms with Gasteiger partial charge in [0.25, 0.3) is 0 Å². The smallest absolute Gasteiger partial charge is 0.137 e. The van der Waals surface area contributed by atoms with E-state index in [0.717, 1.165) is 25.9 Å². The van der Waals surface area contributed by atoms with E-state index in [4.69, 9.17) is 15.1 Å². The molecule has 1 aliphatic heterocycles. The van der Waals surface area contributed by atoms with Gasteiger partial charge in [-0.1, -0.05) is 12.1 Å². The van der Waals surface area contributed by atoms with E-state index >= 15 is 0 Å². The van der Waals surface area contributed by atoms with Crippen LogP contribution in [0.3, 0.4) is 0 Å². The number of nitriles is 1. The van der Waals surface area contributed by atoms with Gasteiger partial charge in [-0.25, -0.2) is 0 Å². The highest BCUT2D eigenvalue weighted by Crippen LogP contribution is 2.18. The van der Waals surface area contributed by atoms with Gasteiger partial charge in [0.1, 0.15) is 24.5 Å². The molecule has 0 spiro atoms. The summed E-state index contributed by atoms with van der Waals surface area (Å²) in [6.07, 6.45) is 1.37. The first-order valence-electron chi connectivity index (χ1n) is 7.36. The molecule has 114 valence electrons. The molecule has 5 nitrogen and oxygen atoms in total. The molecule has 1 saturated heterocycles. The summed E-state index contributed by atoms with van der Waals surface area (Å²) in [7, 11) is 0. The maximum atomic E-state index is 10.1. The first-order chi connectivity index (χ1) is 10.2. The molecule has 5 heteroatoms. The van der Waals surface area contributed by atoms with Crippen LogP contribution < -0.4 is 4.74 Å². The predicted octanol–water partition coefficient (Wildman–Crippen LogP) is 1.00. The fourth-order valence-electron chi connectivity index (χ4n) is 2.57. The van der Waals surface area contributed by atoms with Crippen LogP contribution in [0.1, 0.15) is 18.4 Å². The molecule has 1 aromatic carbocycles. The van der Waals surface area contributed by atoms with Gasteiger partial charge in [0.15, 0.2) is 0 Å². The van der Waals surface area contributed by atoms with Gasteiger partial charge in [-0.15, -0.1) is 0 Å². The SMILES string of the molecule is N#Cc1ccccc1OCC(O)CN1CCC(CO)CC1. The highest BCUT2D eigenvalue weighted by Gasteiger charge is 2.20. The van der Waals surface area contributed by atoms with Crippen molar-refractivity contribution in [2.75, 3.05) is 32.8 Å². The van der Waals surface area contributed by atoms with Crippen molar-refractivity contribution in [3.63, 3.8) is 0 Å². The van der Waals surface area contributed by atoms with Crippen molar-refractivity contribution in [2.45, 2.75) is 18.9 Å². The predicted molar refractivity (Wildman–Crippen MR) is 78.9 cm³/mol. The van der Waals surface area contributed by atoms with E-state index in [9.17, 15) is 5.11 Å². The molecular formula is C16H22N2O3. The van der Waals surface area contributed by atoms with Crippen LogP contribution in [0.5, 0.6) is 5.75 Å². The lowest BCUT2D eigenvalue weighted by Crippen LogP contribution is -2.41. The molecule has 1 heterocycles. The third kappa shape index (κ3) is 4.71. The molecule has 0 radical (unpaired) electrons. The van der Waals surface area contributed by atoms with Gasteiger partial charge in [0.05, 0.1) is 5.56 Å². The Bertz CT molecular complexity index is 479. The van der Waals surface area contributed by atoms with Crippen LogP contribution in [0.2, 0.25) is 0 Å². The number of ether oxygens (including phenoxy) is 1. The lowest BCUT2D eigenvalue weighted by Gasteiger charge is -2.32. The lowest BCUT2D eigenvalue weighted by molar-refractivity contribution is 0.0488. The molecule has 2 N–H and O–H groups in total. The Labute approximate surface area is 125 Å². The second-order valence-corrected chi connectivity index (χ2v) is 5.50. The summed E-state index contributed by atoms with van der Waals surface area (Å²) in [5, 5.41) is 28.1. The number of aliphatic hydroxyl groups is 2. The normalized spacial score (nSPS) is 18.1. The molecule has 2 rings (SSSR count). The lowest BCUT2D eigenvalue weighted by atomic mass is 9.98. The van der Waals surface area contributed by atoms with Crippen molar-refractivity contribution in [2.24, 2.45) is 5.92 Å². The molecule has 0 saturated carbocycles. The summed E-state index contributed by atoms with van der Waals surface area (Å²) >= 11 is 0. The van der Waals surface area contributed by atoms with Gasteiger partial charge in [0.2, 0.25) is 0 Å². The number of hydrogen-bond acceptors (Lipinski definition) is 5. The van der Waals surface area contributed by atoms with Crippen LogP contribution in [0.4, 0.5) is 0 Å². The summed E-state index contributed by atoms with van der Waals surface area (Å²) in [4.78, 5) is 2.19. The van der Waals surface area contributed by atoms with Crippen LogP contribution >= 0.6 is 0 Å². The first kappa shape index (κ1) is 15.8. The summed E-state index contributed by atoms with van der Waals surface area (Å²) in [6.45, 7) is 2.80. The molecule has 1 aromatic rings. The Morgan fingerprint density at radius 2 is 2.05 bits per heavy atom. The average molecular weight is 290 g/mol. The van der Waals surface area contributed by atoms with Crippen molar-refractivity contribution in [1.82, 2.24) is 4.90 Å². The van der Waals surface area contributed by atoms with Crippen LogP contribution in [-0.4, -0.2) is 54.1 Å². The Hall–Kier alpha value is -1.61. The Kier molecular flexibility index (Phi) is 6.00. The number of piperidine rings is 1. The van der Waals surface area contributed by atoms with Crippen LogP contribution in [0, 0.1) is 17.2 Å². The molecule has 21 heavy (non-hydrogen) atoms. The van der Waals surface area contributed by atoms with Crippen molar-refractivity contribution in [1.29, 1.82) is 5.26 Å². The summed E-state index contributed by atoms with van der Waals surface area (Å²) in [5.41, 5.74) is 0.480. The second-order valence-electron chi connectivity index (χ2n) is 5.50. The molecule has 0 amide bonds. The number of likely N-dealkylation sites (tertiary alicyclic amines) is 1. The fourth-order valence-corrected chi connectivity index (χ4v) is 2.57. The van der Waals surface area contributed by atoms with E-state index in [0.29, 0.717) is 23.8 Å². The fraction of sp³-hybridized carbons (Fsp3) is 0.562. The van der Waals surface area contributed by atoms with Gasteiger partial charge < -0.3 is 19.8 Å². The van der Waals surface area contributed by atoms with Gasteiger partial charge in [-0.05, 0) is 44.0 Å². The Balaban J connectivity index is 1.75. The molecule has 0 aliphatic carbocycles. The van der Waals surface area contributed by atoms with Gasteiger partial charge in [0, 0.05) is 13.2 Å². The zero-order valence-electron chi connectivity index (χ0n) is 12.1. The van der Waals surface area contributed by atoms with Crippen molar-refractivity contribution in [3.8, 4) is 11.8 Å². The number of hydrogen-bond donors (Lipinski definition) is 2. The summed E-state index contributed by atoms with van der Waals surface area (Å²) in [6, 6.07) is 9.09. The third-order valence-electron chi connectivity index (χ3n) is 3.87. The maximum Gasteiger partial charge on any atom is 0.137 e. The van der Waals surface area contributed by atoms with Crippen molar-refractivity contribution >= 4 is 0 Å². The minimum Gasteiger partial charge on any atom is -0.489 e. The zero-order chi connectivity index (χ0) is 15.1. The first-order valence-corrected chi connectivity index (χ1v) is 7.36. The molecule has 1 aliphatic rings. The average Bonchev–Trinajstić information content (AvgIpc) is 2.54. The van der Waals surface area contributed by atoms with Gasteiger partial charge in [-0.3, -0.25) is 0 Å². The number of para-hydroxylation sites is 1. The molecule has 0 bridgehead atoms. The number of nitrogens with zero attached hydrogens (tertiary/aromatic N) is 2. The van der Waals surface area contributed by atoms with E-state index in [2.05, 4.69) is 11.0 Å². The Morgan fingerprint density at radius 1 is 1.33 bits per heavy atom. The molecule has 1 atom stereocenters. The summed E-state index contributed by atoms with van der Waals surface area (Å²) in [5.74, 6) is 0.912. The zero-order valence-corrected chi connectivity index (χ0v) is 12.1. The van der Waals surface area contributed by atoms with E-state index in [1.54, 1.807) is 18.2 Å². The molecule has 1 unspecified atom stereocenters. The standard InChI is InChI=1S/C16H22N2O3/c17-9-14-3-1-2-4-16(14)21-12-15(20)10-18-7-5-13(11-19)6-8-18/h1-4,13,15,19-20H,5-8,10-12H2. The number of rotatable bonds is 6. The van der Waals surface area contributed by atoms with Crippen LogP contribution in [0.15, 0.2) is 24.3 Å². The van der Waals surface area contributed by atoms with Crippen molar-refractivity contribution in [3.05, 3.63) is 29.8 Å². The Morgan fingerprint density at radius 3 is 2.71 bits per heavy atom. The van der Waals surface area contributed by atoms with Crippen LogP contribution in [0.25, 0.3) is 0 Å². The second kappa shape index (κ2) is 7.99. The largest absolute Gasteiger partial charge is 0.489 e. The van der Waals surface area contributed by atoms with Gasteiger partial charge >= 0.3 is 0 Å². The third-order valence-corrected chi connectivity index (χ3v) is 3.87. The minimum absolute atomic E-state index is 0.179. The monoisotopic (exact) mass is 290 g/mol. The highest BCUT2D eigenvalue weighted by molar-refractivity contribution is 5.42. The number of benzene rings is 1. The minimum atomic E-state index is -0.581. The van der Waals surface area contributed by atoms with E-state index in [1.165, 1.54) is 0 Å². The molecule has 1 fully saturated rings. The highest BCUT2D eigenvalue weighted by atomic mass is 16.5. The van der Waals surface area contributed by atoms with E-state index in [-0.39, 0.29) is 13.2 Å². The summed E-state index contributed by atoms with van der Waals surface area (Å²) < 4.78 is 5.53. The topological polar surface area (TPSA) is 76.7 Å². The number of β-amino-alcohol motifs (C(OH)–C–C–N with tert-alkyl or cyclic N) is 1. The molecule has 0 aromatic heterocycles.